The lowest BCUT2D eigenvalue weighted by Gasteiger charge is -2.08. The van der Waals surface area contributed by atoms with E-state index in [2.05, 4.69) is 15.9 Å². The van der Waals surface area contributed by atoms with E-state index in [4.69, 9.17) is 18.8 Å². The highest BCUT2D eigenvalue weighted by Crippen LogP contribution is 2.31. The van der Waals surface area contributed by atoms with Crippen molar-refractivity contribution in [3.63, 3.8) is 0 Å². The average molecular weight is 473 g/mol. The lowest BCUT2D eigenvalue weighted by atomic mass is 10.0. The van der Waals surface area contributed by atoms with Gasteiger partial charge in [-0.1, -0.05) is 40.2 Å². The van der Waals surface area contributed by atoms with Gasteiger partial charge in [0, 0.05) is 17.3 Å². The fraction of sp³-hybridized carbons (Fsp3) is 0.0800. The van der Waals surface area contributed by atoms with E-state index in [1.807, 2.05) is 66.7 Å². The van der Waals surface area contributed by atoms with Crippen LogP contribution in [0.5, 0.6) is 0 Å². The number of rotatable bonds is 6. The number of fused-ring (bicyclic) bond motifs is 1. The van der Waals surface area contributed by atoms with Crippen molar-refractivity contribution in [2.45, 2.75) is 12.8 Å². The SMILES string of the molecule is O=C(Cc1ccc2nc(-c3ccco3)c(-c3ccco3)nc2c1)Cc1ccccc1Br. The molecule has 0 radical (unpaired) electrons. The van der Waals surface area contributed by atoms with Gasteiger partial charge in [-0.25, -0.2) is 9.97 Å². The Morgan fingerprint density at radius 2 is 1.45 bits per heavy atom. The number of carbonyl (C=O) groups is 1. The van der Waals surface area contributed by atoms with Crippen LogP contribution in [0.4, 0.5) is 0 Å². The van der Waals surface area contributed by atoms with Crippen LogP contribution in [0.2, 0.25) is 0 Å². The number of ketones is 1. The molecule has 0 atom stereocenters. The summed E-state index contributed by atoms with van der Waals surface area (Å²) in [7, 11) is 0. The van der Waals surface area contributed by atoms with Gasteiger partial charge in [0.25, 0.3) is 0 Å². The zero-order chi connectivity index (χ0) is 21.2. The molecular weight excluding hydrogens is 456 g/mol. The number of hydrogen-bond acceptors (Lipinski definition) is 5. The minimum Gasteiger partial charge on any atom is -0.463 e. The maximum absolute atomic E-state index is 12.6. The largest absolute Gasteiger partial charge is 0.463 e. The Bertz CT molecular complexity index is 1360. The van der Waals surface area contributed by atoms with E-state index in [0.717, 1.165) is 21.1 Å². The van der Waals surface area contributed by atoms with E-state index in [-0.39, 0.29) is 5.78 Å². The molecule has 2 aromatic carbocycles. The van der Waals surface area contributed by atoms with Crippen molar-refractivity contribution in [2.24, 2.45) is 0 Å². The maximum atomic E-state index is 12.6. The van der Waals surface area contributed by atoms with Gasteiger partial charge < -0.3 is 8.83 Å². The van der Waals surface area contributed by atoms with Crippen molar-refractivity contribution < 1.29 is 13.6 Å². The minimum atomic E-state index is 0.137. The van der Waals surface area contributed by atoms with Crippen LogP contribution in [0.15, 0.2) is 92.6 Å². The van der Waals surface area contributed by atoms with Crippen molar-refractivity contribution >= 4 is 32.7 Å². The second kappa shape index (κ2) is 8.32. The molecule has 0 N–H and O–H groups in total. The fourth-order valence-electron chi connectivity index (χ4n) is 3.52. The maximum Gasteiger partial charge on any atom is 0.154 e. The second-order valence-corrected chi connectivity index (χ2v) is 8.04. The zero-order valence-corrected chi connectivity index (χ0v) is 18.0. The number of hydrogen-bond donors (Lipinski definition) is 0. The fourth-order valence-corrected chi connectivity index (χ4v) is 3.95. The first-order chi connectivity index (χ1) is 15.2. The first-order valence-electron chi connectivity index (χ1n) is 9.81. The number of Topliss-reactive ketones (excluding diaryl/α,β-unsaturated/α-hetero) is 1. The van der Waals surface area contributed by atoms with Crippen LogP contribution in [0.25, 0.3) is 33.9 Å². The average Bonchev–Trinajstić information content (AvgIpc) is 3.49. The van der Waals surface area contributed by atoms with Crippen LogP contribution in [0, 0.1) is 0 Å². The van der Waals surface area contributed by atoms with Gasteiger partial charge in [-0.05, 0) is 53.6 Å². The Hall–Kier alpha value is -3.51. The molecule has 3 aromatic heterocycles. The van der Waals surface area contributed by atoms with Gasteiger partial charge in [-0.3, -0.25) is 4.79 Å². The monoisotopic (exact) mass is 472 g/mol. The summed E-state index contributed by atoms with van der Waals surface area (Å²) < 4.78 is 12.1. The summed E-state index contributed by atoms with van der Waals surface area (Å²) in [5.41, 5.74) is 4.53. The number of carbonyl (C=O) groups excluding carboxylic acids is 1. The number of furan rings is 2. The van der Waals surface area contributed by atoms with Gasteiger partial charge in [-0.15, -0.1) is 0 Å². The smallest absolute Gasteiger partial charge is 0.154 e. The van der Waals surface area contributed by atoms with Gasteiger partial charge in [0.2, 0.25) is 0 Å². The Labute approximate surface area is 186 Å². The minimum absolute atomic E-state index is 0.137. The third-order valence-corrected chi connectivity index (χ3v) is 5.76. The molecule has 0 saturated carbocycles. The molecule has 5 aromatic rings. The van der Waals surface area contributed by atoms with E-state index in [1.165, 1.54) is 0 Å². The molecule has 0 aliphatic heterocycles. The van der Waals surface area contributed by atoms with Crippen molar-refractivity contribution in [1.82, 2.24) is 9.97 Å². The lowest BCUT2D eigenvalue weighted by Crippen LogP contribution is -2.07. The lowest BCUT2D eigenvalue weighted by molar-refractivity contribution is -0.117. The van der Waals surface area contributed by atoms with E-state index >= 15 is 0 Å². The molecule has 0 unspecified atom stereocenters. The number of nitrogens with zero attached hydrogens (tertiary/aromatic N) is 2. The Morgan fingerprint density at radius 1 is 0.774 bits per heavy atom. The predicted molar refractivity (Wildman–Crippen MR) is 121 cm³/mol. The standard InChI is InChI=1S/C25H17BrN2O3/c26-19-6-2-1-5-17(19)15-18(29)13-16-9-10-20-21(14-16)28-25(23-8-4-12-31-23)24(27-20)22-7-3-11-30-22/h1-12,14H,13,15H2. The summed E-state index contributed by atoms with van der Waals surface area (Å²) in [5, 5.41) is 0. The van der Waals surface area contributed by atoms with Crippen LogP contribution >= 0.6 is 15.9 Å². The summed E-state index contributed by atoms with van der Waals surface area (Å²) in [5.74, 6) is 1.36. The molecule has 3 heterocycles. The van der Waals surface area contributed by atoms with Crippen molar-refractivity contribution in [3.8, 4) is 22.9 Å². The molecule has 5 nitrogen and oxygen atoms in total. The van der Waals surface area contributed by atoms with Crippen LogP contribution in [0.1, 0.15) is 11.1 Å². The normalized spacial score (nSPS) is 11.1. The van der Waals surface area contributed by atoms with Crippen LogP contribution < -0.4 is 0 Å². The summed E-state index contributed by atoms with van der Waals surface area (Å²) in [6, 6.07) is 20.8. The van der Waals surface area contributed by atoms with Gasteiger partial charge >= 0.3 is 0 Å². The van der Waals surface area contributed by atoms with Crippen LogP contribution in [-0.4, -0.2) is 15.8 Å². The molecule has 0 amide bonds. The molecule has 0 saturated heterocycles. The van der Waals surface area contributed by atoms with Crippen LogP contribution in [0.3, 0.4) is 0 Å². The molecule has 152 valence electrons. The summed E-state index contributed by atoms with van der Waals surface area (Å²) in [6.07, 6.45) is 3.91. The molecule has 0 aliphatic rings. The van der Waals surface area contributed by atoms with E-state index < -0.39 is 0 Å². The predicted octanol–water partition coefficient (Wildman–Crippen LogP) is 6.27. The number of benzene rings is 2. The van der Waals surface area contributed by atoms with E-state index in [1.54, 1.807) is 12.5 Å². The zero-order valence-electron chi connectivity index (χ0n) is 16.4. The molecule has 0 aliphatic carbocycles. The van der Waals surface area contributed by atoms with Crippen LogP contribution in [-0.2, 0) is 17.6 Å². The van der Waals surface area contributed by atoms with E-state index in [0.29, 0.717) is 41.3 Å². The summed E-state index contributed by atoms with van der Waals surface area (Å²) in [4.78, 5) is 22.2. The molecule has 0 bridgehead atoms. The number of aromatic nitrogens is 2. The van der Waals surface area contributed by atoms with E-state index in [9.17, 15) is 4.79 Å². The third-order valence-electron chi connectivity index (χ3n) is 4.98. The molecule has 6 heteroatoms. The highest BCUT2D eigenvalue weighted by Gasteiger charge is 2.17. The highest BCUT2D eigenvalue weighted by atomic mass is 79.9. The van der Waals surface area contributed by atoms with Gasteiger partial charge in [0.05, 0.1) is 23.6 Å². The molecule has 31 heavy (non-hydrogen) atoms. The molecule has 0 spiro atoms. The van der Waals surface area contributed by atoms with Gasteiger partial charge in [-0.2, -0.15) is 0 Å². The first kappa shape index (κ1) is 19.5. The molecule has 0 fully saturated rings. The first-order valence-corrected chi connectivity index (χ1v) is 10.6. The van der Waals surface area contributed by atoms with Crippen molar-refractivity contribution in [3.05, 3.63) is 94.9 Å². The molecule has 5 rings (SSSR count). The number of halogens is 1. The second-order valence-electron chi connectivity index (χ2n) is 7.18. The summed E-state index contributed by atoms with van der Waals surface area (Å²) >= 11 is 3.51. The Morgan fingerprint density at radius 3 is 2.10 bits per heavy atom. The summed E-state index contributed by atoms with van der Waals surface area (Å²) in [6.45, 7) is 0. The Balaban J connectivity index is 1.49. The third kappa shape index (κ3) is 4.07. The van der Waals surface area contributed by atoms with Crippen molar-refractivity contribution in [2.75, 3.05) is 0 Å². The van der Waals surface area contributed by atoms with Gasteiger partial charge in [0.1, 0.15) is 17.2 Å². The highest BCUT2D eigenvalue weighted by molar-refractivity contribution is 9.10. The van der Waals surface area contributed by atoms with Gasteiger partial charge in [0.15, 0.2) is 11.5 Å². The Kier molecular flexibility index (Phi) is 5.22. The molecular formula is C25H17BrN2O3. The van der Waals surface area contributed by atoms with Crippen molar-refractivity contribution in [1.29, 1.82) is 0 Å². The topological polar surface area (TPSA) is 69.1 Å². The quantitative estimate of drug-likeness (QED) is 0.291.